The quantitative estimate of drug-likeness (QED) is 0.367. The first-order valence-corrected chi connectivity index (χ1v) is 8.51. The summed E-state index contributed by atoms with van der Waals surface area (Å²) in [4.78, 5) is 31.2. The van der Waals surface area contributed by atoms with Gasteiger partial charge in [-0.25, -0.2) is 4.99 Å². The second-order valence-electron chi connectivity index (χ2n) is 5.59. The number of carbonyl (C=O) groups excluding carboxylic acids is 1. The van der Waals surface area contributed by atoms with Crippen LogP contribution in [0.25, 0.3) is 0 Å². The van der Waals surface area contributed by atoms with Crippen molar-refractivity contribution in [1.82, 2.24) is 0 Å². The molecule has 1 unspecified atom stereocenters. The Balaban J connectivity index is 2.12. The Bertz CT molecular complexity index is 578. The third-order valence-corrected chi connectivity index (χ3v) is 4.65. The van der Waals surface area contributed by atoms with Gasteiger partial charge in [-0.15, -0.1) is 0 Å². The number of nitrogens with zero attached hydrogens (tertiary/aromatic N) is 1. The van der Waals surface area contributed by atoms with Crippen LogP contribution in [0.1, 0.15) is 6.42 Å². The van der Waals surface area contributed by atoms with E-state index in [0.29, 0.717) is 6.21 Å². The van der Waals surface area contributed by atoms with Crippen molar-refractivity contribution in [2.45, 2.75) is 36.7 Å². The maximum Gasteiger partial charge on any atom is 0.473 e. The highest BCUT2D eigenvalue weighted by atomic mass is 31.2. The smallest absolute Gasteiger partial charge is 0.389 e. The van der Waals surface area contributed by atoms with Gasteiger partial charge in [0.15, 0.2) is 6.29 Å². The molecule has 0 aromatic carbocycles. The molecule has 1 amide bonds. The molecule has 5 atom stereocenters. The van der Waals surface area contributed by atoms with E-state index in [2.05, 4.69) is 4.99 Å². The van der Waals surface area contributed by atoms with Crippen LogP contribution in [0.4, 0.5) is 13.2 Å². The Morgan fingerprint density at radius 3 is 2.54 bits per heavy atom. The summed E-state index contributed by atoms with van der Waals surface area (Å²) in [5, 5.41) is 20.2. The lowest BCUT2D eigenvalue weighted by molar-refractivity contribution is -0.225. The van der Waals surface area contributed by atoms with E-state index in [-0.39, 0.29) is 13.0 Å². The number of hydrogen-bond donors (Lipinski definition) is 4. The third-order valence-electron chi connectivity index (χ3n) is 3.85. The zero-order valence-corrected chi connectivity index (χ0v) is 12.9. The van der Waals surface area contributed by atoms with Gasteiger partial charge in [-0.05, 0) is 6.42 Å². The summed E-state index contributed by atoms with van der Waals surface area (Å²) in [6.07, 6.45) is -10.3. The molecule has 13 heteroatoms. The number of hydrogen-bond acceptors (Lipinski definition) is 6. The number of rotatable bonds is 4. The number of halogens is 3. The summed E-state index contributed by atoms with van der Waals surface area (Å²) in [6, 6.07) is 0. The number of amides is 1. The Kier molecular flexibility index (Phi) is 5.22. The normalized spacial score (nSPS) is 37.1. The first-order valence-electron chi connectivity index (χ1n) is 6.71. The molecule has 0 radical (unpaired) electrons. The molecule has 2 heterocycles. The summed E-state index contributed by atoms with van der Waals surface area (Å²) in [5.74, 6) is -3.74. The number of aliphatic hydroxyl groups excluding tert-OH is 2. The van der Waals surface area contributed by atoms with Crippen molar-refractivity contribution in [1.29, 1.82) is 0 Å². The van der Waals surface area contributed by atoms with E-state index in [9.17, 15) is 32.7 Å². The molecule has 2 rings (SSSR count). The average Bonchev–Trinajstić information content (AvgIpc) is 2.84. The van der Waals surface area contributed by atoms with Gasteiger partial charge in [0, 0.05) is 6.21 Å². The second-order valence-corrected chi connectivity index (χ2v) is 7.37. The molecule has 2 aliphatic rings. The molecule has 9 nitrogen and oxygen atoms in total. The van der Waals surface area contributed by atoms with Crippen LogP contribution >= 0.6 is 7.60 Å². The van der Waals surface area contributed by atoms with Crippen molar-refractivity contribution in [3.8, 4) is 0 Å². The second kappa shape index (κ2) is 6.45. The molecule has 2 fully saturated rings. The predicted molar refractivity (Wildman–Crippen MR) is 70.1 cm³/mol. The minimum atomic E-state index is -5.18. The average molecular weight is 377 g/mol. The molecule has 0 aliphatic carbocycles. The Morgan fingerprint density at radius 1 is 1.38 bits per heavy atom. The van der Waals surface area contributed by atoms with Crippen LogP contribution < -0.4 is 0 Å². The lowest BCUT2D eigenvalue weighted by Gasteiger charge is -2.41. The van der Waals surface area contributed by atoms with Crippen LogP contribution in [0.5, 0.6) is 0 Å². The highest BCUT2D eigenvalue weighted by Gasteiger charge is 2.58. The van der Waals surface area contributed by atoms with Gasteiger partial charge in [-0.1, -0.05) is 0 Å². The fourth-order valence-corrected chi connectivity index (χ4v) is 3.22. The van der Waals surface area contributed by atoms with Crippen molar-refractivity contribution >= 4 is 19.7 Å². The molecule has 0 spiro atoms. The number of fused-ring (bicyclic) bond motifs is 2. The summed E-state index contributed by atoms with van der Waals surface area (Å²) in [5.41, 5.74) is -1.59. The van der Waals surface area contributed by atoms with Crippen molar-refractivity contribution in [2.75, 3.05) is 12.8 Å². The van der Waals surface area contributed by atoms with E-state index in [1.807, 2.05) is 0 Å². The summed E-state index contributed by atoms with van der Waals surface area (Å²) in [6.45, 7) is -0.326. The Hall–Kier alpha value is -0.880. The van der Waals surface area contributed by atoms with Crippen LogP contribution in [0.3, 0.4) is 0 Å². The SMILES string of the molecule is O=C(/N=C/C1[C@H]2OC[C@](CCP(=O)(O)O)(O2)[C@@H](O)[C@@H]1O)C(F)(F)F. The summed E-state index contributed by atoms with van der Waals surface area (Å²) >= 11 is 0. The first-order chi connectivity index (χ1) is 10.9. The van der Waals surface area contributed by atoms with E-state index in [1.54, 1.807) is 0 Å². The number of aliphatic hydroxyl groups is 2. The highest BCUT2D eigenvalue weighted by molar-refractivity contribution is 7.51. The first kappa shape index (κ1) is 19.4. The zero-order chi connectivity index (χ0) is 18.3. The van der Waals surface area contributed by atoms with Gasteiger partial charge in [0.1, 0.15) is 11.7 Å². The minimum Gasteiger partial charge on any atom is -0.389 e. The molecule has 138 valence electrons. The van der Waals surface area contributed by atoms with Gasteiger partial charge in [0.05, 0.1) is 24.8 Å². The molecule has 2 aliphatic heterocycles. The van der Waals surface area contributed by atoms with Crippen molar-refractivity contribution in [2.24, 2.45) is 10.9 Å². The fourth-order valence-electron chi connectivity index (χ4n) is 2.55. The van der Waals surface area contributed by atoms with Gasteiger partial charge >= 0.3 is 19.7 Å². The number of aliphatic imine (C=N–C) groups is 1. The molecule has 2 saturated heterocycles. The van der Waals surface area contributed by atoms with E-state index < -0.39 is 55.9 Å². The van der Waals surface area contributed by atoms with Crippen LogP contribution in [0.15, 0.2) is 4.99 Å². The van der Waals surface area contributed by atoms with Crippen molar-refractivity contribution in [3.05, 3.63) is 0 Å². The maximum atomic E-state index is 12.1. The molecular formula is C11H15F3NO8P. The van der Waals surface area contributed by atoms with Gasteiger partial charge in [-0.3, -0.25) is 9.36 Å². The molecular weight excluding hydrogens is 362 g/mol. The predicted octanol–water partition coefficient (Wildman–Crippen LogP) is -0.823. The van der Waals surface area contributed by atoms with Crippen LogP contribution in [0.2, 0.25) is 0 Å². The van der Waals surface area contributed by atoms with Gasteiger partial charge in [-0.2, -0.15) is 13.2 Å². The van der Waals surface area contributed by atoms with E-state index in [0.717, 1.165) is 0 Å². The standard InChI is InChI=1S/C11H15F3NO8P/c12-11(13,14)9(18)15-3-5-6(16)7(17)10(1-2-24(19,20)21)4-22-8(5)23-10/h3,5-8,16-17H,1-2,4H2,(H2,19,20,21)/b15-3+/t5?,6-,7+,8+,10+/m1/s1. The number of ether oxygens (including phenoxy) is 2. The molecule has 2 bridgehead atoms. The van der Waals surface area contributed by atoms with E-state index in [1.165, 1.54) is 0 Å². The van der Waals surface area contributed by atoms with Crippen LogP contribution in [0, 0.1) is 5.92 Å². The summed E-state index contributed by atoms with van der Waals surface area (Å²) < 4.78 is 57.8. The minimum absolute atomic E-state index is 0.326. The summed E-state index contributed by atoms with van der Waals surface area (Å²) in [7, 11) is -4.40. The molecule has 4 N–H and O–H groups in total. The fraction of sp³-hybridized carbons (Fsp3) is 0.818. The highest BCUT2D eigenvalue weighted by Crippen LogP contribution is 2.45. The zero-order valence-electron chi connectivity index (χ0n) is 12.0. The topological polar surface area (TPSA) is 146 Å². The lowest BCUT2D eigenvalue weighted by atomic mass is 9.83. The van der Waals surface area contributed by atoms with E-state index in [4.69, 9.17) is 19.3 Å². The van der Waals surface area contributed by atoms with Crippen molar-refractivity contribution < 1.29 is 52.0 Å². The van der Waals surface area contributed by atoms with Gasteiger partial charge in [0.2, 0.25) is 0 Å². The Labute approximate surface area is 133 Å². The monoisotopic (exact) mass is 377 g/mol. The van der Waals surface area contributed by atoms with Crippen molar-refractivity contribution in [3.63, 3.8) is 0 Å². The molecule has 24 heavy (non-hydrogen) atoms. The van der Waals surface area contributed by atoms with E-state index >= 15 is 0 Å². The number of alkyl halides is 3. The van der Waals surface area contributed by atoms with Crippen LogP contribution in [-0.4, -0.2) is 75.2 Å². The van der Waals surface area contributed by atoms with Crippen LogP contribution in [-0.2, 0) is 18.8 Å². The maximum absolute atomic E-state index is 12.1. The Morgan fingerprint density at radius 2 is 2.00 bits per heavy atom. The van der Waals surface area contributed by atoms with Gasteiger partial charge < -0.3 is 29.5 Å². The molecule has 0 aromatic heterocycles. The number of carbonyl (C=O) groups is 1. The lowest BCUT2D eigenvalue weighted by Crippen LogP contribution is -2.59. The van der Waals surface area contributed by atoms with Gasteiger partial charge in [0.25, 0.3) is 0 Å². The largest absolute Gasteiger partial charge is 0.473 e. The molecule has 0 saturated carbocycles. The molecule has 0 aromatic rings. The third kappa shape index (κ3) is 4.02.